The molecule has 0 spiro atoms. The summed E-state index contributed by atoms with van der Waals surface area (Å²) in [5.41, 5.74) is 8.33. The summed E-state index contributed by atoms with van der Waals surface area (Å²) in [6, 6.07) is 9.12. The molecule has 0 atom stereocenters. The maximum absolute atomic E-state index is 13.1. The number of fused-ring (bicyclic) bond motifs is 1. The minimum absolute atomic E-state index is 0.380. The zero-order valence-electron chi connectivity index (χ0n) is 9.74. The van der Waals surface area contributed by atoms with Gasteiger partial charge >= 0.3 is 5.76 Å². The number of aromatic nitrogens is 1. The highest BCUT2D eigenvalue weighted by Crippen LogP contribution is 2.25. The van der Waals surface area contributed by atoms with Crippen molar-refractivity contribution in [1.29, 1.82) is 0 Å². The molecule has 4 N–H and O–H groups in total. The van der Waals surface area contributed by atoms with Crippen LogP contribution in [0, 0.1) is 5.82 Å². The zero-order chi connectivity index (χ0) is 13.4. The Morgan fingerprint density at radius 3 is 2.89 bits per heavy atom. The van der Waals surface area contributed by atoms with Gasteiger partial charge in [0.05, 0.1) is 16.9 Å². The van der Waals surface area contributed by atoms with E-state index in [0.717, 1.165) is 0 Å². The van der Waals surface area contributed by atoms with E-state index in [1.807, 2.05) is 0 Å². The number of rotatable bonds is 2. The second kappa shape index (κ2) is 4.16. The largest absolute Gasteiger partial charge is 0.417 e. The summed E-state index contributed by atoms with van der Waals surface area (Å²) in [5, 5.41) is 2.99. The van der Waals surface area contributed by atoms with E-state index in [2.05, 4.69) is 10.3 Å². The minimum Gasteiger partial charge on any atom is -0.408 e. The first-order valence-electron chi connectivity index (χ1n) is 5.57. The second-order valence-electron chi connectivity index (χ2n) is 4.08. The van der Waals surface area contributed by atoms with Gasteiger partial charge in [-0.2, -0.15) is 0 Å². The molecule has 2 aromatic carbocycles. The van der Waals surface area contributed by atoms with Crippen LogP contribution in [0.2, 0.25) is 0 Å². The fourth-order valence-electron chi connectivity index (χ4n) is 1.82. The van der Waals surface area contributed by atoms with Crippen molar-refractivity contribution in [3.8, 4) is 0 Å². The molecular weight excluding hydrogens is 249 g/mol. The van der Waals surface area contributed by atoms with E-state index in [-0.39, 0.29) is 5.82 Å². The number of nitrogens with one attached hydrogen (secondary N) is 2. The Labute approximate surface area is 106 Å². The van der Waals surface area contributed by atoms with Gasteiger partial charge < -0.3 is 15.5 Å². The molecule has 19 heavy (non-hydrogen) atoms. The molecule has 0 bridgehead atoms. The van der Waals surface area contributed by atoms with Gasteiger partial charge in [0.15, 0.2) is 5.58 Å². The average Bonchev–Trinajstić information content (AvgIpc) is 2.73. The SMILES string of the molecule is Nc1ccc(F)cc1Nc1ccc2oc(=O)[nH]c2c1. The third-order valence-corrected chi connectivity index (χ3v) is 2.71. The van der Waals surface area contributed by atoms with Crippen molar-refractivity contribution in [3.63, 3.8) is 0 Å². The lowest BCUT2D eigenvalue weighted by molar-refractivity contribution is 0.555. The third-order valence-electron chi connectivity index (χ3n) is 2.71. The van der Waals surface area contributed by atoms with Crippen molar-refractivity contribution in [2.45, 2.75) is 0 Å². The molecule has 0 amide bonds. The molecule has 3 aromatic rings. The number of aromatic amines is 1. The number of nitrogen functional groups attached to an aromatic ring is 1. The number of oxazole rings is 1. The maximum Gasteiger partial charge on any atom is 0.417 e. The lowest BCUT2D eigenvalue weighted by Crippen LogP contribution is -1.97. The first kappa shape index (κ1) is 11.3. The Morgan fingerprint density at radius 2 is 2.05 bits per heavy atom. The highest BCUT2D eigenvalue weighted by atomic mass is 19.1. The molecule has 3 rings (SSSR count). The molecule has 0 aliphatic carbocycles. The summed E-state index contributed by atoms with van der Waals surface area (Å²) in [5.74, 6) is -0.896. The predicted molar refractivity (Wildman–Crippen MR) is 70.9 cm³/mol. The quantitative estimate of drug-likeness (QED) is 0.617. The first-order valence-corrected chi connectivity index (χ1v) is 5.57. The maximum atomic E-state index is 13.1. The Hall–Kier alpha value is -2.76. The summed E-state index contributed by atoms with van der Waals surface area (Å²) >= 11 is 0. The number of H-pyrrole nitrogens is 1. The van der Waals surface area contributed by atoms with Crippen LogP contribution in [-0.4, -0.2) is 4.98 Å². The normalized spacial score (nSPS) is 10.8. The van der Waals surface area contributed by atoms with Crippen molar-refractivity contribution in [2.75, 3.05) is 11.1 Å². The van der Waals surface area contributed by atoms with Crippen molar-refractivity contribution in [3.05, 3.63) is 52.8 Å². The van der Waals surface area contributed by atoms with Crippen LogP contribution >= 0.6 is 0 Å². The molecule has 0 aliphatic heterocycles. The van der Waals surface area contributed by atoms with Gasteiger partial charge in [0.25, 0.3) is 0 Å². The van der Waals surface area contributed by atoms with Gasteiger partial charge in [-0.15, -0.1) is 0 Å². The molecule has 0 radical (unpaired) electrons. The fraction of sp³-hybridized carbons (Fsp3) is 0. The molecule has 0 saturated heterocycles. The van der Waals surface area contributed by atoms with Crippen molar-refractivity contribution < 1.29 is 8.81 Å². The molecule has 0 fully saturated rings. The number of benzene rings is 2. The highest BCUT2D eigenvalue weighted by Gasteiger charge is 2.05. The number of nitrogens with two attached hydrogens (primary N) is 1. The van der Waals surface area contributed by atoms with Crippen LogP contribution in [0.5, 0.6) is 0 Å². The molecule has 0 aliphatic rings. The van der Waals surface area contributed by atoms with E-state index in [1.165, 1.54) is 18.2 Å². The molecule has 1 heterocycles. The second-order valence-corrected chi connectivity index (χ2v) is 4.08. The van der Waals surface area contributed by atoms with Crippen LogP contribution in [0.15, 0.2) is 45.6 Å². The summed E-state index contributed by atoms with van der Waals surface area (Å²) in [6.45, 7) is 0. The highest BCUT2D eigenvalue weighted by molar-refractivity contribution is 5.80. The molecule has 96 valence electrons. The van der Waals surface area contributed by atoms with E-state index < -0.39 is 5.76 Å². The van der Waals surface area contributed by atoms with Crippen molar-refractivity contribution >= 4 is 28.2 Å². The van der Waals surface area contributed by atoms with Gasteiger partial charge in [-0.05, 0) is 36.4 Å². The molecule has 1 aromatic heterocycles. The standard InChI is InChI=1S/C13H10FN3O2/c14-7-1-3-9(15)10(5-7)16-8-2-4-12-11(6-8)17-13(18)19-12/h1-6,16H,15H2,(H,17,18). The fourth-order valence-corrected chi connectivity index (χ4v) is 1.82. The van der Waals surface area contributed by atoms with E-state index in [0.29, 0.717) is 28.2 Å². The summed E-state index contributed by atoms with van der Waals surface area (Å²) < 4.78 is 18.0. The summed E-state index contributed by atoms with van der Waals surface area (Å²) in [4.78, 5) is 13.6. The van der Waals surface area contributed by atoms with Gasteiger partial charge in [0.1, 0.15) is 5.82 Å². The Kier molecular flexibility index (Phi) is 2.49. The van der Waals surface area contributed by atoms with Crippen LogP contribution < -0.4 is 16.8 Å². The number of halogens is 1. The molecule has 6 heteroatoms. The number of hydrogen-bond donors (Lipinski definition) is 3. The van der Waals surface area contributed by atoms with Gasteiger partial charge in [0.2, 0.25) is 0 Å². The summed E-state index contributed by atoms with van der Waals surface area (Å²) in [6.07, 6.45) is 0. The smallest absolute Gasteiger partial charge is 0.408 e. The van der Waals surface area contributed by atoms with E-state index in [9.17, 15) is 9.18 Å². The predicted octanol–water partition coefficient (Wildman–Crippen LogP) is 2.59. The molecular formula is C13H10FN3O2. The van der Waals surface area contributed by atoms with E-state index in [4.69, 9.17) is 10.2 Å². The van der Waals surface area contributed by atoms with Crippen molar-refractivity contribution in [2.24, 2.45) is 0 Å². The Balaban J connectivity index is 2.00. The summed E-state index contributed by atoms with van der Waals surface area (Å²) in [7, 11) is 0. The average molecular weight is 259 g/mol. The van der Waals surface area contributed by atoms with Gasteiger partial charge in [-0.3, -0.25) is 4.98 Å². The van der Waals surface area contributed by atoms with Crippen LogP contribution in [-0.2, 0) is 0 Å². The van der Waals surface area contributed by atoms with Gasteiger partial charge in [0, 0.05) is 5.69 Å². The lowest BCUT2D eigenvalue weighted by Gasteiger charge is -2.09. The van der Waals surface area contributed by atoms with Crippen LogP contribution in [0.3, 0.4) is 0 Å². The van der Waals surface area contributed by atoms with Gasteiger partial charge in [-0.25, -0.2) is 9.18 Å². The van der Waals surface area contributed by atoms with Gasteiger partial charge in [-0.1, -0.05) is 0 Å². The lowest BCUT2D eigenvalue weighted by atomic mass is 10.2. The topological polar surface area (TPSA) is 84.0 Å². The van der Waals surface area contributed by atoms with Crippen LogP contribution in [0.1, 0.15) is 0 Å². The molecule has 0 unspecified atom stereocenters. The number of anilines is 3. The monoisotopic (exact) mass is 259 g/mol. The van der Waals surface area contributed by atoms with Crippen LogP contribution in [0.4, 0.5) is 21.5 Å². The molecule has 5 nitrogen and oxygen atoms in total. The minimum atomic E-state index is -0.516. The van der Waals surface area contributed by atoms with E-state index in [1.54, 1.807) is 18.2 Å². The van der Waals surface area contributed by atoms with E-state index >= 15 is 0 Å². The van der Waals surface area contributed by atoms with Crippen LogP contribution in [0.25, 0.3) is 11.1 Å². The Bertz CT molecular complexity index is 807. The first-order chi connectivity index (χ1) is 9.11. The Morgan fingerprint density at radius 1 is 1.21 bits per heavy atom. The third kappa shape index (κ3) is 2.15. The molecule has 0 saturated carbocycles. The zero-order valence-corrected chi connectivity index (χ0v) is 9.74. The number of hydrogen-bond acceptors (Lipinski definition) is 4. The van der Waals surface area contributed by atoms with Crippen molar-refractivity contribution in [1.82, 2.24) is 4.98 Å².